The predicted octanol–water partition coefficient (Wildman–Crippen LogP) is 3.52. The zero-order chi connectivity index (χ0) is 22.1. The SMILES string of the molecule is C=C1CCCN1C.Cc1nc2ccc(-c3ccn4nc(N)ncc34)nc2n1CC(F)F. The molecule has 31 heavy (non-hydrogen) atoms. The van der Waals surface area contributed by atoms with Gasteiger partial charge in [0.1, 0.15) is 11.3 Å². The molecule has 0 unspecified atom stereocenters. The molecule has 4 aromatic rings. The lowest BCUT2D eigenvalue weighted by atomic mass is 10.2. The largest absolute Gasteiger partial charge is 0.378 e. The standard InChI is InChI=1S/C15H13F2N7.C6H11N/c1-8-20-11-3-2-10(21-14(11)23(8)7-13(16)17)9-4-5-24-12(9)6-19-15(18)22-24;1-6-4-3-5-7(6)2/h2-6,13H,7H2,1H3,(H2,18,22);1,3-5H2,2H3. The fraction of sp³-hybridized carbons (Fsp3) is 0.333. The van der Waals surface area contributed by atoms with Gasteiger partial charge in [-0.2, -0.15) is 0 Å². The second kappa shape index (κ2) is 8.29. The first-order valence-corrected chi connectivity index (χ1v) is 9.94. The van der Waals surface area contributed by atoms with Gasteiger partial charge in [-0.3, -0.25) is 0 Å². The number of aryl methyl sites for hydroxylation is 1. The summed E-state index contributed by atoms with van der Waals surface area (Å²) >= 11 is 0. The average molecular weight is 426 g/mol. The van der Waals surface area contributed by atoms with Crippen molar-refractivity contribution < 1.29 is 8.78 Å². The third-order valence-corrected chi connectivity index (χ3v) is 5.31. The van der Waals surface area contributed by atoms with E-state index in [0.29, 0.717) is 22.7 Å². The van der Waals surface area contributed by atoms with Crippen molar-refractivity contribution in [1.82, 2.24) is 34.0 Å². The molecule has 0 atom stereocenters. The molecule has 0 aliphatic carbocycles. The highest BCUT2D eigenvalue weighted by atomic mass is 19.3. The van der Waals surface area contributed by atoms with Crippen LogP contribution in [0.3, 0.4) is 0 Å². The van der Waals surface area contributed by atoms with Gasteiger partial charge in [-0.05, 0) is 38.0 Å². The van der Waals surface area contributed by atoms with Crippen LogP contribution in [0.4, 0.5) is 14.7 Å². The number of halogens is 2. The summed E-state index contributed by atoms with van der Waals surface area (Å²) in [5.74, 6) is 0.673. The second-order valence-corrected chi connectivity index (χ2v) is 7.47. The maximum absolute atomic E-state index is 12.8. The maximum Gasteiger partial charge on any atom is 0.256 e. The monoisotopic (exact) mass is 426 g/mol. The summed E-state index contributed by atoms with van der Waals surface area (Å²) in [7, 11) is 2.09. The highest BCUT2D eigenvalue weighted by molar-refractivity contribution is 5.82. The van der Waals surface area contributed by atoms with E-state index in [9.17, 15) is 8.78 Å². The molecule has 0 radical (unpaired) electrons. The van der Waals surface area contributed by atoms with Crippen LogP contribution in [0.15, 0.2) is 42.9 Å². The normalized spacial score (nSPS) is 14.0. The maximum atomic E-state index is 12.8. The Balaban J connectivity index is 0.000000282. The molecule has 0 saturated carbocycles. The number of nitrogens with zero attached hydrogens (tertiary/aromatic N) is 7. The van der Waals surface area contributed by atoms with E-state index in [2.05, 4.69) is 38.6 Å². The van der Waals surface area contributed by atoms with Gasteiger partial charge in [-0.25, -0.2) is 28.2 Å². The Labute approximate surface area is 178 Å². The summed E-state index contributed by atoms with van der Waals surface area (Å²) in [6, 6.07) is 5.40. The number of fused-ring (bicyclic) bond motifs is 2. The van der Waals surface area contributed by atoms with E-state index in [4.69, 9.17) is 5.73 Å². The molecular formula is C21H24F2N8. The Morgan fingerprint density at radius 3 is 2.68 bits per heavy atom. The van der Waals surface area contributed by atoms with Crippen LogP contribution in [0.2, 0.25) is 0 Å². The van der Waals surface area contributed by atoms with E-state index >= 15 is 0 Å². The molecule has 162 valence electrons. The first kappa shape index (κ1) is 20.7. The molecule has 1 fully saturated rings. The van der Waals surface area contributed by atoms with E-state index < -0.39 is 13.0 Å². The zero-order valence-electron chi connectivity index (χ0n) is 17.5. The number of hydrogen-bond acceptors (Lipinski definition) is 6. The molecule has 0 aromatic carbocycles. The van der Waals surface area contributed by atoms with Gasteiger partial charge in [0, 0.05) is 31.0 Å². The van der Waals surface area contributed by atoms with Gasteiger partial charge in [0.25, 0.3) is 6.43 Å². The highest BCUT2D eigenvalue weighted by Gasteiger charge is 2.15. The third-order valence-electron chi connectivity index (χ3n) is 5.31. The topological polar surface area (TPSA) is 90.2 Å². The highest BCUT2D eigenvalue weighted by Crippen LogP contribution is 2.26. The number of nitrogen functional groups attached to an aromatic ring is 1. The lowest BCUT2D eigenvalue weighted by Gasteiger charge is -2.08. The van der Waals surface area contributed by atoms with E-state index in [-0.39, 0.29) is 5.95 Å². The van der Waals surface area contributed by atoms with E-state index in [0.717, 1.165) is 11.1 Å². The average Bonchev–Trinajstić information content (AvgIpc) is 3.40. The van der Waals surface area contributed by atoms with Crippen molar-refractivity contribution in [2.24, 2.45) is 0 Å². The third kappa shape index (κ3) is 4.18. The minimum Gasteiger partial charge on any atom is -0.378 e. The summed E-state index contributed by atoms with van der Waals surface area (Å²) in [5.41, 5.74) is 10.0. The van der Waals surface area contributed by atoms with Crippen molar-refractivity contribution in [2.45, 2.75) is 32.7 Å². The van der Waals surface area contributed by atoms with Gasteiger partial charge in [0.05, 0.1) is 24.0 Å². The van der Waals surface area contributed by atoms with Crippen LogP contribution >= 0.6 is 0 Å². The molecule has 8 nitrogen and oxygen atoms in total. The lowest BCUT2D eigenvalue weighted by molar-refractivity contribution is 0.127. The molecule has 2 N–H and O–H groups in total. The van der Waals surface area contributed by atoms with Crippen molar-refractivity contribution >= 4 is 22.6 Å². The number of allylic oxidation sites excluding steroid dienone is 1. The first-order chi connectivity index (χ1) is 14.8. The molecule has 1 saturated heterocycles. The molecule has 10 heteroatoms. The Morgan fingerprint density at radius 1 is 1.23 bits per heavy atom. The van der Waals surface area contributed by atoms with Crippen LogP contribution < -0.4 is 5.73 Å². The van der Waals surface area contributed by atoms with Crippen LogP contribution in [0.1, 0.15) is 18.7 Å². The number of rotatable bonds is 3. The van der Waals surface area contributed by atoms with Crippen LogP contribution in [-0.4, -0.2) is 54.1 Å². The first-order valence-electron chi connectivity index (χ1n) is 9.94. The van der Waals surface area contributed by atoms with Gasteiger partial charge in [-0.15, -0.1) is 5.10 Å². The van der Waals surface area contributed by atoms with Crippen molar-refractivity contribution in [3.05, 3.63) is 48.7 Å². The molecule has 0 spiro atoms. The summed E-state index contributed by atoms with van der Waals surface area (Å²) in [5, 5.41) is 4.08. The number of aromatic nitrogens is 6. The second-order valence-electron chi connectivity index (χ2n) is 7.47. The Morgan fingerprint density at radius 2 is 2.03 bits per heavy atom. The van der Waals surface area contributed by atoms with Crippen LogP contribution in [0, 0.1) is 6.92 Å². The van der Waals surface area contributed by atoms with Crippen LogP contribution in [-0.2, 0) is 6.54 Å². The number of nitrogens with two attached hydrogens (primary N) is 1. The van der Waals surface area contributed by atoms with Crippen molar-refractivity contribution in [1.29, 1.82) is 0 Å². The van der Waals surface area contributed by atoms with E-state index in [1.165, 1.54) is 29.7 Å². The molecule has 5 rings (SSSR count). The van der Waals surface area contributed by atoms with Gasteiger partial charge >= 0.3 is 0 Å². The van der Waals surface area contributed by atoms with Gasteiger partial charge < -0.3 is 15.2 Å². The minimum absolute atomic E-state index is 0.165. The molecule has 1 aliphatic heterocycles. The summed E-state index contributed by atoms with van der Waals surface area (Å²) in [6.45, 7) is 6.32. The number of pyridine rings is 1. The predicted molar refractivity (Wildman–Crippen MR) is 116 cm³/mol. The molecule has 5 heterocycles. The van der Waals surface area contributed by atoms with Crippen molar-refractivity contribution in [2.75, 3.05) is 19.3 Å². The molecular weight excluding hydrogens is 402 g/mol. The Hall–Kier alpha value is -3.56. The summed E-state index contributed by atoms with van der Waals surface area (Å²) < 4.78 is 28.7. The number of hydrogen-bond donors (Lipinski definition) is 1. The molecule has 1 aliphatic rings. The van der Waals surface area contributed by atoms with Crippen molar-refractivity contribution in [3.8, 4) is 11.3 Å². The zero-order valence-corrected chi connectivity index (χ0v) is 17.5. The molecule has 0 bridgehead atoms. The number of likely N-dealkylation sites (tertiary alicyclic amines) is 1. The molecule has 0 amide bonds. The van der Waals surface area contributed by atoms with Gasteiger partial charge in [0.2, 0.25) is 5.95 Å². The fourth-order valence-corrected chi connectivity index (χ4v) is 3.62. The summed E-state index contributed by atoms with van der Waals surface area (Å²) in [4.78, 5) is 15.0. The van der Waals surface area contributed by atoms with Gasteiger partial charge in [0.15, 0.2) is 5.65 Å². The number of anilines is 1. The number of alkyl halides is 2. The molecule has 4 aromatic heterocycles. The fourth-order valence-electron chi connectivity index (χ4n) is 3.62. The Bertz CT molecular complexity index is 1240. The van der Waals surface area contributed by atoms with Gasteiger partial charge in [-0.1, -0.05) is 6.58 Å². The lowest BCUT2D eigenvalue weighted by Crippen LogP contribution is -2.08. The van der Waals surface area contributed by atoms with E-state index in [1.54, 1.807) is 36.0 Å². The van der Waals surface area contributed by atoms with Crippen molar-refractivity contribution in [3.63, 3.8) is 0 Å². The van der Waals surface area contributed by atoms with Crippen LogP contribution in [0.5, 0.6) is 0 Å². The smallest absolute Gasteiger partial charge is 0.256 e. The van der Waals surface area contributed by atoms with Crippen LogP contribution in [0.25, 0.3) is 27.9 Å². The number of imidazole rings is 1. The van der Waals surface area contributed by atoms with E-state index in [1.807, 2.05) is 6.07 Å². The minimum atomic E-state index is -2.47. The summed E-state index contributed by atoms with van der Waals surface area (Å²) in [6.07, 6.45) is 3.38. The Kier molecular flexibility index (Phi) is 5.53. The quantitative estimate of drug-likeness (QED) is 0.539.